The number of hydrogen-bond donors (Lipinski definition) is 4. The van der Waals surface area contributed by atoms with Gasteiger partial charge in [-0.2, -0.15) is 0 Å². The van der Waals surface area contributed by atoms with E-state index >= 15 is 0 Å². The van der Waals surface area contributed by atoms with Crippen LogP contribution in [0.2, 0.25) is 0 Å². The third-order valence-electron chi connectivity index (χ3n) is 4.63. The molecule has 0 heterocycles. The van der Waals surface area contributed by atoms with Crippen LogP contribution in [0.3, 0.4) is 0 Å². The predicted molar refractivity (Wildman–Crippen MR) is 121 cm³/mol. The summed E-state index contributed by atoms with van der Waals surface area (Å²) < 4.78 is 39.1. The number of nitrogens with two attached hydrogens (primary N) is 2. The molecule has 0 aliphatic carbocycles. The molecule has 6 N–H and O–H groups in total. The van der Waals surface area contributed by atoms with E-state index in [1.807, 2.05) is 13.0 Å². The molecule has 4 aromatic carbocycles. The molecule has 0 unspecified atom stereocenters. The van der Waals surface area contributed by atoms with Gasteiger partial charge in [0.15, 0.2) is 0 Å². The number of aryl methyl sites for hydroxylation is 1. The Morgan fingerprint density at radius 3 is 1.34 bits per heavy atom. The van der Waals surface area contributed by atoms with Crippen LogP contribution in [-0.2, 0) is 0 Å². The van der Waals surface area contributed by atoms with Crippen molar-refractivity contribution < 1.29 is 23.4 Å². The van der Waals surface area contributed by atoms with Crippen molar-refractivity contribution in [3.63, 3.8) is 0 Å². The van der Waals surface area contributed by atoms with Crippen molar-refractivity contribution >= 4 is 11.4 Å². The normalized spacial score (nSPS) is 10.4. The van der Waals surface area contributed by atoms with Gasteiger partial charge in [0.05, 0.1) is 11.4 Å². The van der Waals surface area contributed by atoms with Crippen LogP contribution in [-0.4, -0.2) is 10.2 Å². The number of rotatable bonds is 2. The van der Waals surface area contributed by atoms with Crippen LogP contribution < -0.4 is 11.5 Å². The standard InChI is InChI=1S/C13H12FNO.C12H9F2NO/c1-8-4-10(6-11(14)5-8)9-2-3-12(15)13(16)7-9;13-9-3-8(4-10(14)6-9)7-1-2-11(15)12(16)5-7/h2-7,16H,15H2,1H3;1-6,16H,15H2. The van der Waals surface area contributed by atoms with Crippen molar-refractivity contribution in [2.45, 2.75) is 6.92 Å². The fraction of sp³-hybridized carbons (Fsp3) is 0.0400. The van der Waals surface area contributed by atoms with Gasteiger partial charge in [0.25, 0.3) is 0 Å². The predicted octanol–water partition coefficient (Wildman–Crippen LogP) is 6.01. The fourth-order valence-electron chi connectivity index (χ4n) is 3.07. The van der Waals surface area contributed by atoms with Crippen LogP contribution >= 0.6 is 0 Å². The number of aromatic hydroxyl groups is 2. The Labute approximate surface area is 183 Å². The Morgan fingerprint density at radius 2 is 0.938 bits per heavy atom. The van der Waals surface area contributed by atoms with E-state index < -0.39 is 11.6 Å². The third kappa shape index (κ3) is 5.51. The Morgan fingerprint density at radius 1 is 0.531 bits per heavy atom. The topological polar surface area (TPSA) is 92.5 Å². The van der Waals surface area contributed by atoms with E-state index in [2.05, 4.69) is 0 Å². The van der Waals surface area contributed by atoms with E-state index in [0.717, 1.165) is 22.8 Å². The molecule has 0 spiro atoms. The summed E-state index contributed by atoms with van der Waals surface area (Å²) in [6, 6.07) is 17.2. The highest BCUT2D eigenvalue weighted by atomic mass is 19.1. The van der Waals surface area contributed by atoms with Crippen molar-refractivity contribution in [1.29, 1.82) is 0 Å². The third-order valence-corrected chi connectivity index (χ3v) is 4.63. The van der Waals surface area contributed by atoms with Crippen molar-refractivity contribution in [2.75, 3.05) is 11.5 Å². The molecule has 4 nitrogen and oxygen atoms in total. The van der Waals surface area contributed by atoms with Gasteiger partial charge < -0.3 is 21.7 Å². The van der Waals surface area contributed by atoms with E-state index in [1.165, 1.54) is 42.5 Å². The molecule has 0 aliphatic heterocycles. The summed E-state index contributed by atoms with van der Waals surface area (Å²) in [5.41, 5.74) is 14.6. The number of nitrogen functional groups attached to an aromatic ring is 2. The maximum atomic E-state index is 13.2. The lowest BCUT2D eigenvalue weighted by molar-refractivity contribution is 0.477. The van der Waals surface area contributed by atoms with Crippen LogP contribution in [0.15, 0.2) is 72.8 Å². The number of phenols is 2. The Bertz CT molecular complexity index is 1140. The molecule has 164 valence electrons. The van der Waals surface area contributed by atoms with Crippen LogP contribution in [0, 0.1) is 24.4 Å². The van der Waals surface area contributed by atoms with Crippen molar-refractivity contribution in [1.82, 2.24) is 0 Å². The van der Waals surface area contributed by atoms with Gasteiger partial charge in [-0.3, -0.25) is 0 Å². The van der Waals surface area contributed by atoms with E-state index in [0.29, 0.717) is 16.8 Å². The number of hydrogen-bond acceptors (Lipinski definition) is 4. The molecule has 0 fully saturated rings. The zero-order chi connectivity index (χ0) is 23.4. The second-order valence-electron chi connectivity index (χ2n) is 7.22. The van der Waals surface area contributed by atoms with Gasteiger partial charge in [0.2, 0.25) is 0 Å². The van der Waals surface area contributed by atoms with Crippen LogP contribution in [0.1, 0.15) is 5.56 Å². The highest BCUT2D eigenvalue weighted by Crippen LogP contribution is 2.30. The molecule has 0 aliphatic rings. The molecule has 0 aromatic heterocycles. The molecule has 4 aromatic rings. The minimum atomic E-state index is -0.661. The van der Waals surface area contributed by atoms with Crippen LogP contribution in [0.25, 0.3) is 22.3 Å². The lowest BCUT2D eigenvalue weighted by Gasteiger charge is -2.06. The van der Waals surface area contributed by atoms with Gasteiger partial charge in [-0.15, -0.1) is 0 Å². The lowest BCUT2D eigenvalue weighted by atomic mass is 10.0. The fourth-order valence-corrected chi connectivity index (χ4v) is 3.07. The van der Waals surface area contributed by atoms with Gasteiger partial charge >= 0.3 is 0 Å². The van der Waals surface area contributed by atoms with E-state index in [1.54, 1.807) is 18.2 Å². The van der Waals surface area contributed by atoms with Gasteiger partial charge in [-0.25, -0.2) is 13.2 Å². The summed E-state index contributed by atoms with van der Waals surface area (Å²) in [4.78, 5) is 0. The van der Waals surface area contributed by atoms with Gasteiger partial charge in [0.1, 0.15) is 29.0 Å². The number of anilines is 2. The van der Waals surface area contributed by atoms with Crippen molar-refractivity contribution in [2.24, 2.45) is 0 Å². The maximum absolute atomic E-state index is 13.2. The Hall–Kier alpha value is -4.13. The molecule has 0 saturated heterocycles. The first-order valence-electron chi connectivity index (χ1n) is 9.53. The summed E-state index contributed by atoms with van der Waals surface area (Å²) in [5, 5.41) is 18.9. The lowest BCUT2D eigenvalue weighted by Crippen LogP contribution is -1.87. The second kappa shape index (κ2) is 9.34. The summed E-state index contributed by atoms with van der Waals surface area (Å²) >= 11 is 0. The SMILES string of the molecule is Cc1cc(F)cc(-c2ccc(N)c(O)c2)c1.Nc1ccc(-c2cc(F)cc(F)c2)cc1O. The van der Waals surface area contributed by atoms with Crippen molar-refractivity contribution in [3.05, 3.63) is 95.8 Å². The largest absolute Gasteiger partial charge is 0.506 e. The molecule has 0 bridgehead atoms. The first-order valence-corrected chi connectivity index (χ1v) is 9.53. The zero-order valence-electron chi connectivity index (χ0n) is 17.1. The molecule has 4 rings (SSSR count). The molecule has 0 amide bonds. The molecular formula is C25H21F3N2O2. The molecule has 0 radical (unpaired) electrons. The number of phenolic OH excluding ortho intramolecular Hbond substituents is 2. The van der Waals surface area contributed by atoms with E-state index in [4.69, 9.17) is 11.5 Å². The van der Waals surface area contributed by atoms with Crippen LogP contribution in [0.4, 0.5) is 24.5 Å². The number of benzene rings is 4. The van der Waals surface area contributed by atoms with E-state index in [-0.39, 0.29) is 23.0 Å². The average molecular weight is 438 g/mol. The Balaban J connectivity index is 0.000000181. The first-order chi connectivity index (χ1) is 15.1. The minimum absolute atomic E-state index is 0.0133. The smallest absolute Gasteiger partial charge is 0.139 e. The molecule has 7 heteroatoms. The summed E-state index contributed by atoms with van der Waals surface area (Å²) in [6.45, 7) is 1.82. The monoisotopic (exact) mass is 438 g/mol. The molecular weight excluding hydrogens is 417 g/mol. The highest BCUT2D eigenvalue weighted by Gasteiger charge is 2.06. The highest BCUT2D eigenvalue weighted by molar-refractivity contribution is 5.70. The first kappa shape index (κ1) is 22.6. The molecule has 32 heavy (non-hydrogen) atoms. The molecule has 0 saturated carbocycles. The summed E-state index contributed by atoms with van der Waals surface area (Å²) in [5.74, 6) is -1.70. The number of halogens is 3. The molecule has 0 atom stereocenters. The minimum Gasteiger partial charge on any atom is -0.506 e. The maximum Gasteiger partial charge on any atom is 0.139 e. The van der Waals surface area contributed by atoms with E-state index in [9.17, 15) is 23.4 Å². The average Bonchev–Trinajstić information content (AvgIpc) is 2.71. The second-order valence-corrected chi connectivity index (χ2v) is 7.22. The van der Waals surface area contributed by atoms with Crippen molar-refractivity contribution in [3.8, 4) is 33.8 Å². The zero-order valence-corrected chi connectivity index (χ0v) is 17.1. The summed E-state index contributed by atoms with van der Waals surface area (Å²) in [6.07, 6.45) is 0. The van der Waals surface area contributed by atoms with Crippen LogP contribution in [0.5, 0.6) is 11.5 Å². The van der Waals surface area contributed by atoms with Gasteiger partial charge in [0, 0.05) is 6.07 Å². The van der Waals surface area contributed by atoms with Gasteiger partial charge in [-0.1, -0.05) is 18.2 Å². The van der Waals surface area contributed by atoms with Gasteiger partial charge in [-0.05, 0) is 83.3 Å². The Kier molecular flexibility index (Phi) is 6.59. The summed E-state index contributed by atoms with van der Waals surface area (Å²) in [7, 11) is 0. The quantitative estimate of drug-likeness (QED) is 0.228.